The Morgan fingerprint density at radius 2 is 1.76 bits per heavy atom. The molecule has 5 heteroatoms. The summed E-state index contributed by atoms with van der Waals surface area (Å²) in [5.74, 6) is -1.10. The Hall–Kier alpha value is -2.14. The maximum Gasteiger partial charge on any atom is 0.239 e. The zero-order valence-electron chi connectivity index (χ0n) is 11.7. The van der Waals surface area contributed by atoms with Crippen LogP contribution in [0.2, 0.25) is 0 Å². The van der Waals surface area contributed by atoms with E-state index >= 15 is 0 Å². The molecule has 2 aromatic carbocycles. The number of carbonyl (C=O) groups is 1. The molecule has 0 aliphatic rings. The predicted octanol–water partition coefficient (Wildman–Crippen LogP) is 2.66. The maximum atomic E-state index is 12.1. The summed E-state index contributed by atoms with van der Waals surface area (Å²) in [6.45, 7) is 2.01. The Morgan fingerprint density at radius 3 is 2.43 bits per heavy atom. The quantitative estimate of drug-likeness (QED) is 0.923. The van der Waals surface area contributed by atoms with E-state index in [1.807, 2.05) is 25.1 Å². The van der Waals surface area contributed by atoms with Gasteiger partial charge in [-0.25, -0.2) is 8.42 Å². The summed E-state index contributed by atoms with van der Waals surface area (Å²) < 4.78 is 24.2. The molecule has 0 bridgehead atoms. The predicted molar refractivity (Wildman–Crippen MR) is 82.9 cm³/mol. The molecule has 0 fully saturated rings. The van der Waals surface area contributed by atoms with Gasteiger partial charge in [0.2, 0.25) is 5.91 Å². The molecule has 1 amide bonds. The van der Waals surface area contributed by atoms with Gasteiger partial charge >= 0.3 is 0 Å². The summed E-state index contributed by atoms with van der Waals surface area (Å²) in [6, 6.07) is 15.3. The third-order valence-electron chi connectivity index (χ3n) is 3.04. The fourth-order valence-corrected chi connectivity index (χ4v) is 3.11. The first-order chi connectivity index (χ1) is 10.0. The van der Waals surface area contributed by atoms with Crippen molar-refractivity contribution >= 4 is 21.4 Å². The van der Waals surface area contributed by atoms with Crippen molar-refractivity contribution in [2.75, 3.05) is 11.1 Å². The summed E-state index contributed by atoms with van der Waals surface area (Å²) in [5.41, 5.74) is 1.70. The van der Waals surface area contributed by atoms with Crippen molar-refractivity contribution in [1.82, 2.24) is 0 Å². The Balaban J connectivity index is 2.08. The lowest BCUT2D eigenvalue weighted by atomic mass is 10.1. The van der Waals surface area contributed by atoms with E-state index < -0.39 is 21.5 Å². The van der Waals surface area contributed by atoms with Crippen LogP contribution in [-0.4, -0.2) is 20.1 Å². The Kier molecular flexibility index (Phi) is 4.75. The van der Waals surface area contributed by atoms with Crippen molar-refractivity contribution < 1.29 is 13.2 Å². The number of hydrogen-bond acceptors (Lipinski definition) is 3. The monoisotopic (exact) mass is 303 g/mol. The van der Waals surface area contributed by atoms with Crippen LogP contribution in [0.4, 0.5) is 5.69 Å². The zero-order valence-corrected chi connectivity index (χ0v) is 12.6. The fourth-order valence-electron chi connectivity index (χ4n) is 1.95. The largest absolute Gasteiger partial charge is 0.325 e. The van der Waals surface area contributed by atoms with Gasteiger partial charge in [-0.2, -0.15) is 0 Å². The molecule has 0 saturated carbocycles. The summed E-state index contributed by atoms with van der Waals surface area (Å²) >= 11 is 0. The fraction of sp³-hybridized carbons (Fsp3) is 0.188. The molecule has 4 nitrogen and oxygen atoms in total. The number of rotatable bonds is 5. The summed E-state index contributed by atoms with van der Waals surface area (Å²) in [7, 11) is -3.61. The van der Waals surface area contributed by atoms with Gasteiger partial charge < -0.3 is 5.32 Å². The highest BCUT2D eigenvalue weighted by Crippen LogP contribution is 2.13. The highest BCUT2D eigenvalue weighted by atomic mass is 32.2. The van der Waals surface area contributed by atoms with Crippen LogP contribution in [-0.2, 0) is 21.1 Å². The number of aryl methyl sites for hydroxylation is 1. The van der Waals surface area contributed by atoms with Gasteiger partial charge in [-0.05, 0) is 36.2 Å². The minimum absolute atomic E-state index is 0.155. The van der Waals surface area contributed by atoms with E-state index in [2.05, 4.69) is 5.32 Å². The minimum atomic E-state index is -3.61. The van der Waals surface area contributed by atoms with Crippen LogP contribution in [0.5, 0.6) is 0 Å². The van der Waals surface area contributed by atoms with E-state index in [9.17, 15) is 13.2 Å². The van der Waals surface area contributed by atoms with E-state index in [1.165, 1.54) is 12.1 Å². The van der Waals surface area contributed by atoms with Crippen molar-refractivity contribution in [3.05, 3.63) is 60.2 Å². The molecule has 0 saturated heterocycles. The first-order valence-corrected chi connectivity index (χ1v) is 8.33. The second-order valence-corrected chi connectivity index (χ2v) is 6.66. The van der Waals surface area contributed by atoms with Crippen molar-refractivity contribution in [2.45, 2.75) is 18.2 Å². The number of hydrogen-bond donors (Lipinski definition) is 1. The smallest absolute Gasteiger partial charge is 0.239 e. The number of nitrogens with one attached hydrogen (secondary N) is 1. The highest BCUT2D eigenvalue weighted by molar-refractivity contribution is 7.92. The van der Waals surface area contributed by atoms with Crippen LogP contribution in [0.15, 0.2) is 59.5 Å². The van der Waals surface area contributed by atoms with Crippen molar-refractivity contribution in [2.24, 2.45) is 0 Å². The highest BCUT2D eigenvalue weighted by Gasteiger charge is 2.19. The van der Waals surface area contributed by atoms with Gasteiger partial charge in [0.15, 0.2) is 9.84 Å². The van der Waals surface area contributed by atoms with Gasteiger partial charge in [0.25, 0.3) is 0 Å². The molecule has 0 atom stereocenters. The summed E-state index contributed by atoms with van der Waals surface area (Å²) in [5, 5.41) is 2.62. The first kappa shape index (κ1) is 15.3. The normalized spacial score (nSPS) is 11.1. The van der Waals surface area contributed by atoms with Crippen LogP contribution in [0.1, 0.15) is 12.5 Å². The molecule has 0 radical (unpaired) electrons. The third kappa shape index (κ3) is 4.16. The summed E-state index contributed by atoms with van der Waals surface area (Å²) in [6.07, 6.45) is 0.853. The second kappa shape index (κ2) is 6.54. The molecular weight excluding hydrogens is 286 g/mol. The van der Waals surface area contributed by atoms with Crippen LogP contribution in [0.25, 0.3) is 0 Å². The van der Waals surface area contributed by atoms with Gasteiger partial charge in [-0.1, -0.05) is 37.3 Å². The average Bonchev–Trinajstić information content (AvgIpc) is 2.47. The van der Waals surface area contributed by atoms with E-state index in [-0.39, 0.29) is 4.90 Å². The van der Waals surface area contributed by atoms with Crippen LogP contribution in [0, 0.1) is 0 Å². The van der Waals surface area contributed by atoms with E-state index in [0.717, 1.165) is 12.0 Å². The minimum Gasteiger partial charge on any atom is -0.325 e. The SMILES string of the molecule is CCc1cccc(NC(=O)CS(=O)(=O)c2ccccc2)c1. The molecule has 0 spiro atoms. The number of anilines is 1. The van der Waals surface area contributed by atoms with Gasteiger partial charge in [0.1, 0.15) is 5.75 Å². The standard InChI is InChI=1S/C16H17NO3S/c1-2-13-7-6-8-14(11-13)17-16(18)12-21(19,20)15-9-4-3-5-10-15/h3-11H,2,12H2,1H3,(H,17,18). The topological polar surface area (TPSA) is 63.2 Å². The molecule has 2 rings (SSSR count). The maximum absolute atomic E-state index is 12.1. The van der Waals surface area contributed by atoms with Crippen LogP contribution >= 0.6 is 0 Å². The Morgan fingerprint density at radius 1 is 1.05 bits per heavy atom. The molecule has 2 aromatic rings. The van der Waals surface area contributed by atoms with Gasteiger partial charge in [0.05, 0.1) is 4.90 Å². The molecule has 21 heavy (non-hydrogen) atoms. The lowest BCUT2D eigenvalue weighted by Crippen LogP contribution is -2.23. The molecule has 0 aromatic heterocycles. The molecule has 1 N–H and O–H groups in total. The number of sulfone groups is 1. The van der Waals surface area contributed by atoms with E-state index in [4.69, 9.17) is 0 Å². The number of amides is 1. The van der Waals surface area contributed by atoms with E-state index in [1.54, 1.807) is 24.3 Å². The van der Waals surface area contributed by atoms with Gasteiger partial charge in [-0.3, -0.25) is 4.79 Å². The Bertz CT molecular complexity index is 724. The summed E-state index contributed by atoms with van der Waals surface area (Å²) in [4.78, 5) is 12.1. The lowest BCUT2D eigenvalue weighted by molar-refractivity contribution is -0.113. The number of carbonyl (C=O) groups excluding carboxylic acids is 1. The molecule has 0 heterocycles. The van der Waals surface area contributed by atoms with Crippen LogP contribution < -0.4 is 5.32 Å². The molecule has 110 valence electrons. The average molecular weight is 303 g/mol. The molecule has 0 aliphatic heterocycles. The van der Waals surface area contributed by atoms with Gasteiger partial charge in [0, 0.05) is 5.69 Å². The zero-order chi connectivity index (χ0) is 15.3. The third-order valence-corrected chi connectivity index (χ3v) is 4.68. The Labute approximate surface area is 124 Å². The molecule has 0 unspecified atom stereocenters. The van der Waals surface area contributed by atoms with Crippen molar-refractivity contribution in [3.8, 4) is 0 Å². The molecule has 0 aliphatic carbocycles. The van der Waals surface area contributed by atoms with Crippen molar-refractivity contribution in [1.29, 1.82) is 0 Å². The first-order valence-electron chi connectivity index (χ1n) is 6.68. The van der Waals surface area contributed by atoms with Crippen molar-refractivity contribution in [3.63, 3.8) is 0 Å². The van der Waals surface area contributed by atoms with E-state index in [0.29, 0.717) is 5.69 Å². The number of benzene rings is 2. The molecular formula is C16H17NO3S. The van der Waals surface area contributed by atoms with Crippen LogP contribution in [0.3, 0.4) is 0 Å². The second-order valence-electron chi connectivity index (χ2n) is 4.67. The lowest BCUT2D eigenvalue weighted by Gasteiger charge is -2.07. The van der Waals surface area contributed by atoms with Gasteiger partial charge in [-0.15, -0.1) is 0 Å².